The number of urea groups is 1. The van der Waals surface area contributed by atoms with Gasteiger partial charge in [0.1, 0.15) is 5.54 Å². The average molecular weight is 417 g/mol. The molecule has 2 saturated heterocycles. The van der Waals surface area contributed by atoms with Crippen LogP contribution in [0.3, 0.4) is 0 Å². The van der Waals surface area contributed by atoms with E-state index < -0.39 is 11.6 Å². The maximum Gasteiger partial charge on any atom is 0.325 e. The van der Waals surface area contributed by atoms with Crippen LogP contribution >= 0.6 is 0 Å². The van der Waals surface area contributed by atoms with Gasteiger partial charge in [0.25, 0.3) is 5.91 Å². The van der Waals surface area contributed by atoms with Crippen LogP contribution in [-0.2, 0) is 21.5 Å². The van der Waals surface area contributed by atoms with E-state index in [-0.39, 0.29) is 24.1 Å². The number of rotatable bonds is 4. The third-order valence-corrected chi connectivity index (χ3v) is 6.53. The van der Waals surface area contributed by atoms with E-state index in [1.165, 1.54) is 0 Å². The van der Waals surface area contributed by atoms with E-state index in [9.17, 15) is 19.2 Å². The van der Waals surface area contributed by atoms with E-state index in [2.05, 4.69) is 5.32 Å². The second-order valence-electron chi connectivity index (χ2n) is 8.36. The molecule has 3 aliphatic rings. The number of ketones is 1. The first-order chi connectivity index (χ1) is 15.0. The second-order valence-corrected chi connectivity index (χ2v) is 8.36. The molecule has 7 nitrogen and oxygen atoms in total. The normalized spacial score (nSPS) is 22.8. The van der Waals surface area contributed by atoms with Gasteiger partial charge in [0, 0.05) is 24.2 Å². The zero-order chi connectivity index (χ0) is 21.6. The number of Topliss-reactive ketones (excluding diaryl/α,β-unsaturated/α-hetero) is 1. The minimum Gasteiger partial charge on any atom is -0.319 e. The number of amides is 4. The first-order valence-corrected chi connectivity index (χ1v) is 10.7. The van der Waals surface area contributed by atoms with Crippen molar-refractivity contribution in [1.82, 2.24) is 10.2 Å². The Bertz CT molecular complexity index is 1090. The number of carbonyl (C=O) groups is 4. The molecule has 5 rings (SSSR count). The summed E-state index contributed by atoms with van der Waals surface area (Å²) in [5, 5.41) is 2.87. The fraction of sp³-hybridized carbons (Fsp3) is 0.333. The zero-order valence-electron chi connectivity index (χ0n) is 17.1. The molecule has 0 aromatic heterocycles. The Hall–Kier alpha value is -3.48. The molecule has 2 heterocycles. The van der Waals surface area contributed by atoms with Gasteiger partial charge < -0.3 is 10.2 Å². The molecule has 0 bridgehead atoms. The Labute approximate surface area is 180 Å². The summed E-state index contributed by atoms with van der Waals surface area (Å²) in [4.78, 5) is 53.5. The first kappa shape index (κ1) is 19.5. The van der Waals surface area contributed by atoms with Crippen LogP contribution in [0.1, 0.15) is 47.2 Å². The fourth-order valence-electron chi connectivity index (χ4n) is 4.94. The highest BCUT2D eigenvalue weighted by Crippen LogP contribution is 2.39. The lowest BCUT2D eigenvalue weighted by Gasteiger charge is -2.33. The molecular weight excluding hydrogens is 394 g/mol. The van der Waals surface area contributed by atoms with Crippen molar-refractivity contribution in [2.24, 2.45) is 0 Å². The van der Waals surface area contributed by atoms with E-state index in [4.69, 9.17) is 0 Å². The van der Waals surface area contributed by atoms with E-state index in [0.717, 1.165) is 41.0 Å². The average Bonchev–Trinajstić information content (AvgIpc) is 3.31. The number of nitrogens with zero attached hydrogens (tertiary/aromatic N) is 2. The molecule has 0 saturated carbocycles. The third-order valence-electron chi connectivity index (χ3n) is 6.53. The molecule has 7 heteroatoms. The molecule has 0 unspecified atom stereocenters. The summed E-state index contributed by atoms with van der Waals surface area (Å²) >= 11 is 0. The van der Waals surface area contributed by atoms with Crippen LogP contribution in [0.2, 0.25) is 0 Å². The van der Waals surface area contributed by atoms with Gasteiger partial charge in [-0.2, -0.15) is 0 Å². The summed E-state index contributed by atoms with van der Waals surface area (Å²) in [5.41, 5.74) is 1.97. The van der Waals surface area contributed by atoms with Crippen LogP contribution < -0.4 is 10.2 Å². The number of hydrogen-bond acceptors (Lipinski definition) is 4. The molecule has 2 aromatic rings. The van der Waals surface area contributed by atoms with E-state index in [1.54, 1.807) is 29.2 Å². The highest BCUT2D eigenvalue weighted by molar-refractivity contribution is 6.11. The molecule has 2 aliphatic heterocycles. The van der Waals surface area contributed by atoms with Gasteiger partial charge in [-0.25, -0.2) is 4.79 Å². The van der Waals surface area contributed by atoms with E-state index in [0.29, 0.717) is 24.9 Å². The first-order valence-electron chi connectivity index (χ1n) is 10.7. The Morgan fingerprint density at radius 3 is 2.48 bits per heavy atom. The van der Waals surface area contributed by atoms with Crippen molar-refractivity contribution in [2.75, 3.05) is 18.0 Å². The Balaban J connectivity index is 1.35. The lowest BCUT2D eigenvalue weighted by molar-refractivity contribution is -0.131. The lowest BCUT2D eigenvalue weighted by Crippen LogP contribution is -2.46. The van der Waals surface area contributed by atoms with Crippen molar-refractivity contribution in [3.05, 3.63) is 65.2 Å². The highest BCUT2D eigenvalue weighted by Gasteiger charge is 2.54. The summed E-state index contributed by atoms with van der Waals surface area (Å²) in [6.45, 7) is 0.370. The van der Waals surface area contributed by atoms with E-state index >= 15 is 0 Å². The lowest BCUT2D eigenvalue weighted by atomic mass is 9.76. The minimum atomic E-state index is -1.08. The number of benzene rings is 2. The molecule has 4 amide bonds. The monoisotopic (exact) mass is 417 g/mol. The molecule has 1 aliphatic carbocycles. The number of fused-ring (bicyclic) bond motifs is 2. The number of anilines is 1. The maximum absolute atomic E-state index is 13.3. The Kier molecular flexibility index (Phi) is 4.61. The highest BCUT2D eigenvalue weighted by atomic mass is 16.2. The predicted molar refractivity (Wildman–Crippen MR) is 114 cm³/mol. The summed E-state index contributed by atoms with van der Waals surface area (Å²) in [5.74, 6) is -0.599. The minimum absolute atomic E-state index is 0.0801. The molecule has 0 radical (unpaired) electrons. The molecular formula is C24H23N3O4. The summed E-state index contributed by atoms with van der Waals surface area (Å²) in [6.07, 6.45) is 3.56. The van der Waals surface area contributed by atoms with Gasteiger partial charge in [-0.15, -0.1) is 0 Å². The molecule has 31 heavy (non-hydrogen) atoms. The van der Waals surface area contributed by atoms with Crippen molar-refractivity contribution in [3.63, 3.8) is 0 Å². The number of imide groups is 1. The van der Waals surface area contributed by atoms with Gasteiger partial charge in [-0.05, 0) is 61.1 Å². The number of nitrogens with one attached hydrogen (secondary N) is 1. The molecule has 2 fully saturated rings. The van der Waals surface area contributed by atoms with Crippen molar-refractivity contribution in [2.45, 2.75) is 37.6 Å². The standard InChI is InChI=1S/C24H23N3O4/c28-20(17-9-11-18(12-10-17)26-14-4-8-21(26)29)15-27-22(30)24(25-23(27)31)13-3-6-16-5-1-2-7-19(16)24/h1-2,5,7,9-12H,3-4,6,8,13-15H2,(H,25,31)/t24-/m1/s1. The van der Waals surface area contributed by atoms with E-state index in [1.807, 2.05) is 24.3 Å². The van der Waals surface area contributed by atoms with Crippen molar-refractivity contribution >= 4 is 29.3 Å². The number of carbonyl (C=O) groups excluding carboxylic acids is 4. The van der Waals surface area contributed by atoms with Gasteiger partial charge in [0.2, 0.25) is 5.91 Å². The SMILES string of the molecule is O=C(CN1C(=O)N[C@@]2(CCCc3ccccc32)C1=O)c1ccc(N2CCCC2=O)cc1. The van der Waals surface area contributed by atoms with Gasteiger partial charge >= 0.3 is 6.03 Å². The van der Waals surface area contributed by atoms with Crippen LogP contribution in [0.15, 0.2) is 48.5 Å². The van der Waals surface area contributed by atoms with Crippen LogP contribution in [-0.4, -0.2) is 41.6 Å². The van der Waals surface area contributed by atoms with Crippen LogP contribution in [0.25, 0.3) is 0 Å². The Morgan fingerprint density at radius 2 is 1.74 bits per heavy atom. The number of aryl methyl sites for hydroxylation is 1. The molecule has 1 N–H and O–H groups in total. The third kappa shape index (κ3) is 3.12. The smallest absolute Gasteiger partial charge is 0.319 e. The maximum atomic E-state index is 13.3. The van der Waals surface area contributed by atoms with Gasteiger partial charge in [-0.3, -0.25) is 19.3 Å². The largest absolute Gasteiger partial charge is 0.325 e. The van der Waals surface area contributed by atoms with Crippen molar-refractivity contribution in [1.29, 1.82) is 0 Å². The Morgan fingerprint density at radius 1 is 0.968 bits per heavy atom. The van der Waals surface area contributed by atoms with Gasteiger partial charge in [-0.1, -0.05) is 24.3 Å². The van der Waals surface area contributed by atoms with Gasteiger partial charge in [0.05, 0.1) is 6.54 Å². The summed E-state index contributed by atoms with van der Waals surface area (Å²) in [6, 6.07) is 13.9. The number of hydrogen-bond donors (Lipinski definition) is 1. The topological polar surface area (TPSA) is 86.8 Å². The summed E-state index contributed by atoms with van der Waals surface area (Å²) in [7, 11) is 0. The predicted octanol–water partition coefficient (Wildman–Crippen LogP) is 2.78. The fourth-order valence-corrected chi connectivity index (χ4v) is 4.94. The molecule has 1 spiro atoms. The quantitative estimate of drug-likeness (QED) is 0.612. The second kappa shape index (κ2) is 7.34. The van der Waals surface area contributed by atoms with Crippen LogP contribution in [0.4, 0.5) is 10.5 Å². The molecule has 2 aromatic carbocycles. The zero-order valence-corrected chi connectivity index (χ0v) is 17.1. The molecule has 158 valence electrons. The van der Waals surface area contributed by atoms with Gasteiger partial charge in [0.15, 0.2) is 5.78 Å². The van der Waals surface area contributed by atoms with Crippen LogP contribution in [0, 0.1) is 0 Å². The summed E-state index contributed by atoms with van der Waals surface area (Å²) < 4.78 is 0. The van der Waals surface area contributed by atoms with Crippen LogP contribution in [0.5, 0.6) is 0 Å². The molecule has 1 atom stereocenters. The van der Waals surface area contributed by atoms with Crippen molar-refractivity contribution in [3.8, 4) is 0 Å². The van der Waals surface area contributed by atoms with Crippen molar-refractivity contribution < 1.29 is 19.2 Å².